The highest BCUT2D eigenvalue weighted by molar-refractivity contribution is 6.03. The van der Waals surface area contributed by atoms with Gasteiger partial charge in [0.2, 0.25) is 0 Å². The zero-order chi connectivity index (χ0) is 18.5. The molecule has 0 aliphatic heterocycles. The van der Waals surface area contributed by atoms with E-state index in [2.05, 4.69) is 81.5 Å². The molecule has 5 rings (SSSR count). The highest BCUT2D eigenvalue weighted by atomic mass is 14.3. The zero-order valence-corrected chi connectivity index (χ0v) is 16.5. The minimum absolute atomic E-state index is 0.683. The molecule has 0 heteroatoms. The van der Waals surface area contributed by atoms with E-state index >= 15 is 0 Å². The summed E-state index contributed by atoms with van der Waals surface area (Å²) >= 11 is 0. The maximum atomic E-state index is 2.38. The fourth-order valence-electron chi connectivity index (χ4n) is 5.10. The number of fused-ring (bicyclic) bond motifs is 4. The van der Waals surface area contributed by atoms with Gasteiger partial charge in [-0.15, -0.1) is 0 Å². The summed E-state index contributed by atoms with van der Waals surface area (Å²) in [6.07, 6.45) is 8.29. The molecule has 2 aliphatic rings. The lowest BCUT2D eigenvalue weighted by Gasteiger charge is -2.30. The van der Waals surface area contributed by atoms with Gasteiger partial charge in [0.1, 0.15) is 0 Å². The topological polar surface area (TPSA) is 0 Å². The van der Waals surface area contributed by atoms with E-state index in [1.165, 1.54) is 57.0 Å². The Hall–Kier alpha value is -2.60. The van der Waals surface area contributed by atoms with Gasteiger partial charge >= 0.3 is 0 Å². The maximum Gasteiger partial charge on any atom is -0.00667 e. The van der Waals surface area contributed by atoms with Crippen LogP contribution in [0.15, 0.2) is 66.3 Å². The average Bonchev–Trinajstić information content (AvgIpc) is 2.67. The van der Waals surface area contributed by atoms with Crippen LogP contribution in [0.5, 0.6) is 0 Å². The predicted molar refractivity (Wildman–Crippen MR) is 117 cm³/mol. The van der Waals surface area contributed by atoms with Crippen LogP contribution in [0.2, 0.25) is 0 Å². The number of hydrogen-bond acceptors (Lipinski definition) is 0. The number of aryl methyl sites for hydroxylation is 3. The van der Waals surface area contributed by atoms with Gasteiger partial charge in [-0.3, -0.25) is 0 Å². The van der Waals surface area contributed by atoms with Crippen LogP contribution in [-0.4, -0.2) is 0 Å². The summed E-state index contributed by atoms with van der Waals surface area (Å²) in [5.41, 5.74) is 11.6. The van der Waals surface area contributed by atoms with Crippen molar-refractivity contribution >= 4 is 16.3 Å². The van der Waals surface area contributed by atoms with E-state index < -0.39 is 0 Å². The first-order chi connectivity index (χ1) is 13.1. The molecule has 0 aromatic heterocycles. The van der Waals surface area contributed by atoms with Crippen LogP contribution in [0.1, 0.15) is 42.0 Å². The van der Waals surface area contributed by atoms with E-state index in [1.807, 2.05) is 0 Å². The van der Waals surface area contributed by atoms with Gasteiger partial charge in [0.05, 0.1) is 0 Å². The van der Waals surface area contributed by atoms with E-state index in [0.29, 0.717) is 5.92 Å². The second kappa shape index (κ2) is 6.23. The van der Waals surface area contributed by atoms with Crippen molar-refractivity contribution in [3.8, 4) is 11.1 Å². The minimum atomic E-state index is 0.683. The molecular formula is C27H26. The van der Waals surface area contributed by atoms with Gasteiger partial charge in [0.15, 0.2) is 0 Å². The molecule has 27 heavy (non-hydrogen) atoms. The molecule has 0 amide bonds. The van der Waals surface area contributed by atoms with E-state index in [0.717, 1.165) is 6.42 Å². The number of hydrogen-bond donors (Lipinski definition) is 0. The molecule has 0 spiro atoms. The third-order valence-electron chi connectivity index (χ3n) is 6.45. The van der Waals surface area contributed by atoms with E-state index in [1.54, 1.807) is 11.1 Å². The number of allylic oxidation sites excluding steroid dienone is 4. The third-order valence-corrected chi connectivity index (χ3v) is 6.45. The van der Waals surface area contributed by atoms with Gasteiger partial charge in [-0.2, -0.15) is 0 Å². The SMILES string of the molecule is Cc1cc(-c2ccccc2C)c2c3c(ccc2c1)C1=C(CC3)C(C)CC=C1. The summed E-state index contributed by atoms with van der Waals surface area (Å²) in [6.45, 7) is 6.82. The summed E-state index contributed by atoms with van der Waals surface area (Å²) in [5.74, 6) is 0.683. The second-order valence-corrected chi connectivity index (χ2v) is 8.30. The summed E-state index contributed by atoms with van der Waals surface area (Å²) in [5, 5.41) is 2.84. The van der Waals surface area contributed by atoms with Crippen molar-refractivity contribution in [3.63, 3.8) is 0 Å². The number of rotatable bonds is 1. The fraction of sp³-hybridized carbons (Fsp3) is 0.259. The van der Waals surface area contributed by atoms with Crippen LogP contribution in [-0.2, 0) is 6.42 Å². The number of benzene rings is 3. The smallest absolute Gasteiger partial charge is 0.00667 e. The molecule has 0 fully saturated rings. The van der Waals surface area contributed by atoms with Crippen LogP contribution in [0.4, 0.5) is 0 Å². The first-order valence-corrected chi connectivity index (χ1v) is 10.2. The Morgan fingerprint density at radius 1 is 0.852 bits per heavy atom. The summed E-state index contributed by atoms with van der Waals surface area (Å²) in [4.78, 5) is 0. The van der Waals surface area contributed by atoms with Crippen LogP contribution < -0.4 is 0 Å². The maximum absolute atomic E-state index is 2.38. The van der Waals surface area contributed by atoms with Crippen molar-refractivity contribution in [2.45, 2.75) is 40.0 Å². The van der Waals surface area contributed by atoms with Gasteiger partial charge in [0.25, 0.3) is 0 Å². The van der Waals surface area contributed by atoms with Crippen molar-refractivity contribution in [3.05, 3.63) is 88.5 Å². The summed E-state index contributed by atoms with van der Waals surface area (Å²) in [6, 6.07) is 18.2. The van der Waals surface area contributed by atoms with E-state index in [4.69, 9.17) is 0 Å². The standard InChI is InChI=1S/C27H26/c1-17-15-20-11-12-24-23-10-6-8-19(3)22(23)13-14-25(24)27(20)26(16-17)21-9-5-4-7-18(21)2/h4-7,9-12,15-16,19H,8,13-14H2,1-3H3. The Kier molecular flexibility index (Phi) is 3.82. The van der Waals surface area contributed by atoms with E-state index in [9.17, 15) is 0 Å². The Balaban J connectivity index is 1.85. The Morgan fingerprint density at radius 3 is 2.56 bits per heavy atom. The third kappa shape index (κ3) is 2.58. The lowest BCUT2D eigenvalue weighted by Crippen LogP contribution is -2.13. The molecule has 0 bridgehead atoms. The van der Waals surface area contributed by atoms with Crippen LogP contribution in [0, 0.1) is 19.8 Å². The van der Waals surface area contributed by atoms with Crippen LogP contribution in [0.3, 0.4) is 0 Å². The lowest BCUT2D eigenvalue weighted by atomic mass is 9.75. The quantitative estimate of drug-likeness (QED) is 0.428. The largest absolute Gasteiger partial charge is 0.0833 e. The van der Waals surface area contributed by atoms with Gasteiger partial charge < -0.3 is 0 Å². The Morgan fingerprint density at radius 2 is 1.70 bits per heavy atom. The molecular weight excluding hydrogens is 324 g/mol. The lowest BCUT2D eigenvalue weighted by molar-refractivity contribution is 0.645. The highest BCUT2D eigenvalue weighted by Gasteiger charge is 2.25. The van der Waals surface area contributed by atoms with Gasteiger partial charge in [-0.25, -0.2) is 0 Å². The molecule has 1 unspecified atom stereocenters. The van der Waals surface area contributed by atoms with Crippen molar-refractivity contribution in [2.24, 2.45) is 5.92 Å². The molecule has 0 heterocycles. The van der Waals surface area contributed by atoms with Gasteiger partial charge in [-0.05, 0) is 88.8 Å². The fourth-order valence-corrected chi connectivity index (χ4v) is 5.10. The monoisotopic (exact) mass is 350 g/mol. The minimum Gasteiger partial charge on any atom is -0.0833 e. The molecule has 0 saturated carbocycles. The summed E-state index contributed by atoms with van der Waals surface area (Å²) in [7, 11) is 0. The van der Waals surface area contributed by atoms with Gasteiger partial charge in [0, 0.05) is 0 Å². The summed E-state index contributed by atoms with van der Waals surface area (Å²) < 4.78 is 0. The average molecular weight is 351 g/mol. The second-order valence-electron chi connectivity index (χ2n) is 8.30. The van der Waals surface area contributed by atoms with Gasteiger partial charge in [-0.1, -0.05) is 73.2 Å². The molecule has 0 N–H and O–H groups in total. The van der Waals surface area contributed by atoms with E-state index in [-0.39, 0.29) is 0 Å². The molecule has 2 aliphatic carbocycles. The van der Waals surface area contributed by atoms with Crippen LogP contribution in [0.25, 0.3) is 27.5 Å². The van der Waals surface area contributed by atoms with Crippen molar-refractivity contribution < 1.29 is 0 Å². The molecule has 1 atom stereocenters. The first kappa shape index (κ1) is 16.6. The highest BCUT2D eigenvalue weighted by Crippen LogP contribution is 2.44. The first-order valence-electron chi connectivity index (χ1n) is 10.2. The molecule has 3 aromatic rings. The van der Waals surface area contributed by atoms with Crippen LogP contribution >= 0.6 is 0 Å². The molecule has 0 saturated heterocycles. The molecule has 134 valence electrons. The van der Waals surface area contributed by atoms with Crippen molar-refractivity contribution in [1.82, 2.24) is 0 Å². The predicted octanol–water partition coefficient (Wildman–Crippen LogP) is 7.42. The molecule has 3 aromatic carbocycles. The molecule has 0 radical (unpaired) electrons. The Bertz CT molecular complexity index is 1120. The zero-order valence-electron chi connectivity index (χ0n) is 16.5. The normalized spacial score (nSPS) is 18.6. The molecule has 0 nitrogen and oxygen atoms in total. The Labute approximate surface area is 162 Å². The van der Waals surface area contributed by atoms with Crippen molar-refractivity contribution in [2.75, 3.05) is 0 Å². The van der Waals surface area contributed by atoms with Crippen molar-refractivity contribution in [1.29, 1.82) is 0 Å².